The molecule has 3 heterocycles. The van der Waals surface area contributed by atoms with Gasteiger partial charge in [-0.05, 0) is 30.3 Å². The van der Waals surface area contributed by atoms with Gasteiger partial charge in [0.05, 0.1) is 38.4 Å². The first-order valence-electron chi connectivity index (χ1n) is 9.74. The van der Waals surface area contributed by atoms with Gasteiger partial charge in [-0.25, -0.2) is 8.42 Å². The van der Waals surface area contributed by atoms with Crippen molar-refractivity contribution in [2.24, 2.45) is 0 Å². The lowest BCUT2D eigenvalue weighted by Gasteiger charge is -2.11. The highest BCUT2D eigenvalue weighted by molar-refractivity contribution is 7.91. The van der Waals surface area contributed by atoms with Crippen LogP contribution in [0.2, 0.25) is 0 Å². The van der Waals surface area contributed by atoms with E-state index in [9.17, 15) is 39.6 Å². The minimum atomic E-state index is -4.67. The maximum absolute atomic E-state index is 13.0. The number of aromatic nitrogens is 1. The molecule has 4 rings (SSSR count). The molecule has 0 fully saturated rings. The number of rotatable bonds is 4. The topological polar surface area (TPSA) is 77.2 Å². The maximum Gasteiger partial charge on any atom is 0.417 e. The molecule has 35 heavy (non-hydrogen) atoms. The Hall–Kier alpha value is -3.19. The Bertz CT molecular complexity index is 1600. The summed E-state index contributed by atoms with van der Waals surface area (Å²) in [4.78, 5) is 16.8. The molecule has 0 N–H and O–H groups in total. The monoisotopic (exact) mass is 533 g/mol. The summed E-state index contributed by atoms with van der Waals surface area (Å²) in [7, 11) is -4.03. The van der Waals surface area contributed by atoms with Crippen LogP contribution in [0.25, 0.3) is 32.7 Å². The van der Waals surface area contributed by atoms with Gasteiger partial charge < -0.3 is 4.42 Å². The number of sulfone groups is 1. The van der Waals surface area contributed by atoms with Crippen LogP contribution in [0.1, 0.15) is 18.1 Å². The zero-order chi connectivity index (χ0) is 25.8. The quantitative estimate of drug-likeness (QED) is 0.283. The smallest absolute Gasteiger partial charge is 0.417 e. The summed E-state index contributed by atoms with van der Waals surface area (Å²) in [6.45, 7) is 1.33. The maximum atomic E-state index is 13.0. The van der Waals surface area contributed by atoms with E-state index >= 15 is 0 Å². The first-order chi connectivity index (χ1) is 16.2. The van der Waals surface area contributed by atoms with Gasteiger partial charge in [0.2, 0.25) is 5.43 Å². The fourth-order valence-corrected chi connectivity index (χ4v) is 5.25. The molecule has 0 bridgehead atoms. The number of benzene rings is 1. The van der Waals surface area contributed by atoms with Crippen LogP contribution in [0, 0.1) is 0 Å². The number of thiophene rings is 1. The van der Waals surface area contributed by atoms with Crippen LogP contribution in [-0.2, 0) is 22.2 Å². The van der Waals surface area contributed by atoms with E-state index in [4.69, 9.17) is 4.42 Å². The Kier molecular flexibility index (Phi) is 6.04. The van der Waals surface area contributed by atoms with E-state index in [0.717, 1.165) is 47.4 Å². The van der Waals surface area contributed by atoms with Gasteiger partial charge >= 0.3 is 12.4 Å². The van der Waals surface area contributed by atoms with Crippen molar-refractivity contribution >= 4 is 32.1 Å². The number of hydrogen-bond donors (Lipinski definition) is 0. The lowest BCUT2D eigenvalue weighted by atomic mass is 10.1. The summed E-state index contributed by atoms with van der Waals surface area (Å²) in [5, 5.41) is 0.652. The number of alkyl halides is 6. The molecule has 0 atom stereocenters. The Labute approximate surface area is 197 Å². The van der Waals surface area contributed by atoms with Crippen molar-refractivity contribution in [3.05, 3.63) is 69.5 Å². The summed E-state index contributed by atoms with van der Waals surface area (Å²) < 4.78 is 109. The molecule has 0 saturated heterocycles. The minimum absolute atomic E-state index is 0.0845. The van der Waals surface area contributed by atoms with Gasteiger partial charge in [0.25, 0.3) is 0 Å². The number of nitrogens with zero attached hydrogens (tertiary/aromatic N) is 1. The number of fused-ring (bicyclic) bond motifs is 1. The van der Waals surface area contributed by atoms with Gasteiger partial charge in [0.1, 0.15) is 11.8 Å². The molecule has 4 aromatic rings. The molecule has 0 amide bonds. The van der Waals surface area contributed by atoms with Crippen LogP contribution in [0.4, 0.5) is 26.3 Å². The predicted octanol–water partition coefficient (Wildman–Crippen LogP) is 6.41. The zero-order valence-corrected chi connectivity index (χ0v) is 19.1. The predicted molar refractivity (Wildman–Crippen MR) is 117 cm³/mol. The van der Waals surface area contributed by atoms with E-state index < -0.39 is 49.4 Å². The molecular weight excluding hydrogens is 520 g/mol. The first-order valence-corrected chi connectivity index (χ1v) is 12.3. The number of hydrogen-bond acceptors (Lipinski definition) is 6. The Balaban J connectivity index is 1.90. The van der Waals surface area contributed by atoms with E-state index in [2.05, 4.69) is 4.98 Å². The van der Waals surface area contributed by atoms with E-state index in [1.165, 1.54) is 6.92 Å². The highest BCUT2D eigenvalue weighted by Gasteiger charge is 2.33. The van der Waals surface area contributed by atoms with Crippen molar-refractivity contribution in [1.29, 1.82) is 0 Å². The summed E-state index contributed by atoms with van der Waals surface area (Å²) >= 11 is 0.739. The second kappa shape index (κ2) is 8.48. The van der Waals surface area contributed by atoms with Gasteiger partial charge in [-0.15, -0.1) is 11.3 Å². The van der Waals surface area contributed by atoms with Gasteiger partial charge in [0.15, 0.2) is 9.84 Å². The highest BCUT2D eigenvalue weighted by Crippen LogP contribution is 2.38. The Morgan fingerprint density at radius 2 is 1.69 bits per heavy atom. The minimum Gasteiger partial charge on any atom is -0.463 e. The summed E-state index contributed by atoms with van der Waals surface area (Å²) in [5.41, 5.74) is -3.67. The van der Waals surface area contributed by atoms with Crippen molar-refractivity contribution in [2.75, 3.05) is 5.75 Å². The Morgan fingerprint density at radius 3 is 2.29 bits per heavy atom. The molecule has 5 nitrogen and oxygen atoms in total. The molecule has 0 aliphatic heterocycles. The molecule has 13 heteroatoms. The third kappa shape index (κ3) is 4.69. The SMILES string of the molecule is CCS(=O)(=O)c1cc(-c2cc(C(F)(F)F)cs2)cnc1-c1coc2cc(C(F)(F)F)ccc2c1=O. The van der Waals surface area contributed by atoms with Gasteiger partial charge in [-0.3, -0.25) is 9.78 Å². The lowest BCUT2D eigenvalue weighted by Crippen LogP contribution is -2.12. The summed E-state index contributed by atoms with van der Waals surface area (Å²) in [6, 6.07) is 4.23. The fraction of sp³-hybridized carbons (Fsp3) is 0.182. The second-order valence-corrected chi connectivity index (χ2v) is 10.5. The van der Waals surface area contributed by atoms with Crippen molar-refractivity contribution in [1.82, 2.24) is 4.98 Å². The molecular formula is C22H13F6NO4S2. The summed E-state index contributed by atoms with van der Waals surface area (Å²) in [5.74, 6) is -0.406. The van der Waals surface area contributed by atoms with Crippen LogP contribution < -0.4 is 5.43 Å². The van der Waals surface area contributed by atoms with Crippen molar-refractivity contribution in [3.8, 4) is 21.7 Å². The average Bonchev–Trinajstić information content (AvgIpc) is 3.29. The van der Waals surface area contributed by atoms with Gasteiger partial charge in [-0.1, -0.05) is 6.92 Å². The molecule has 0 spiro atoms. The summed E-state index contributed by atoms with van der Waals surface area (Å²) in [6.07, 6.45) is -7.32. The van der Waals surface area contributed by atoms with E-state index in [0.29, 0.717) is 12.1 Å². The fourth-order valence-electron chi connectivity index (χ4n) is 3.28. The van der Waals surface area contributed by atoms with E-state index in [1.54, 1.807) is 0 Å². The molecule has 0 aliphatic carbocycles. The molecule has 1 aromatic carbocycles. The Morgan fingerprint density at radius 1 is 1.00 bits per heavy atom. The molecule has 0 radical (unpaired) electrons. The average molecular weight is 533 g/mol. The van der Waals surface area contributed by atoms with Crippen molar-refractivity contribution < 1.29 is 39.2 Å². The van der Waals surface area contributed by atoms with E-state index in [-0.39, 0.29) is 32.7 Å². The van der Waals surface area contributed by atoms with Crippen LogP contribution >= 0.6 is 11.3 Å². The number of pyridine rings is 1. The first kappa shape index (κ1) is 24.9. The molecule has 0 unspecified atom stereocenters. The van der Waals surface area contributed by atoms with Crippen LogP contribution in [0.3, 0.4) is 0 Å². The number of halogens is 6. The van der Waals surface area contributed by atoms with Crippen LogP contribution in [0.5, 0.6) is 0 Å². The van der Waals surface area contributed by atoms with Gasteiger partial charge in [0, 0.05) is 22.0 Å². The lowest BCUT2D eigenvalue weighted by molar-refractivity contribution is -0.138. The molecule has 0 saturated carbocycles. The van der Waals surface area contributed by atoms with Crippen LogP contribution in [0.15, 0.2) is 62.3 Å². The highest BCUT2D eigenvalue weighted by atomic mass is 32.2. The molecule has 0 aliphatic rings. The van der Waals surface area contributed by atoms with E-state index in [1.807, 2.05) is 0 Å². The third-order valence-electron chi connectivity index (χ3n) is 5.14. The zero-order valence-electron chi connectivity index (χ0n) is 17.5. The van der Waals surface area contributed by atoms with Crippen molar-refractivity contribution in [3.63, 3.8) is 0 Å². The normalized spacial score (nSPS) is 12.9. The standard InChI is InChI=1S/C22H13F6NO4S2/c1-2-35(31,32)18-5-11(17-7-13(10-34-17)22(26,27)28)8-29-19(18)15-9-33-16-6-12(21(23,24)25)3-4-14(16)20(15)30/h3-10H,2H2,1H3. The van der Waals surface area contributed by atoms with Crippen LogP contribution in [-0.4, -0.2) is 19.2 Å². The van der Waals surface area contributed by atoms with Gasteiger partial charge in [-0.2, -0.15) is 26.3 Å². The largest absolute Gasteiger partial charge is 0.463 e. The molecule has 184 valence electrons. The third-order valence-corrected chi connectivity index (χ3v) is 7.86. The van der Waals surface area contributed by atoms with Crippen molar-refractivity contribution in [2.45, 2.75) is 24.2 Å². The second-order valence-electron chi connectivity index (χ2n) is 7.36. The molecule has 3 aromatic heterocycles.